The van der Waals surface area contributed by atoms with E-state index in [0.29, 0.717) is 11.9 Å². The number of hydrogen-bond donors (Lipinski definition) is 0. The molecule has 0 fully saturated rings. The van der Waals surface area contributed by atoms with Crippen LogP contribution in [-0.4, -0.2) is 30.2 Å². The van der Waals surface area contributed by atoms with E-state index < -0.39 is 0 Å². The van der Waals surface area contributed by atoms with Crippen molar-refractivity contribution in [2.24, 2.45) is 0 Å². The summed E-state index contributed by atoms with van der Waals surface area (Å²) in [6, 6.07) is 7.66. The number of amides is 1. The Kier molecular flexibility index (Phi) is 8.39. The second-order valence-electron chi connectivity index (χ2n) is 5.22. The Hall–Kier alpha value is -1.24. The fourth-order valence-corrected chi connectivity index (χ4v) is 2.19. The van der Waals surface area contributed by atoms with Crippen molar-refractivity contribution < 1.29 is 33.1 Å². The molecule has 0 heterocycles. The molecule has 0 aliphatic carbocycles. The average molecular weight is 285 g/mol. The van der Waals surface area contributed by atoms with Crippen LogP contribution in [0.2, 0.25) is 0 Å². The second kappa shape index (κ2) is 8.92. The molecule has 0 aliphatic heterocycles. The molecule has 0 aromatic heterocycles. The van der Waals surface area contributed by atoms with Gasteiger partial charge in [0.25, 0.3) is 0 Å². The quantitative estimate of drug-likeness (QED) is 0.595. The molecule has 1 aromatic rings. The first-order valence-electron chi connectivity index (χ1n) is 6.85. The van der Waals surface area contributed by atoms with E-state index in [2.05, 4.69) is 0 Å². The van der Waals surface area contributed by atoms with Gasteiger partial charge in [-0.2, -0.15) is 6.07 Å². The van der Waals surface area contributed by atoms with Crippen molar-refractivity contribution in [3.05, 3.63) is 35.9 Å². The van der Waals surface area contributed by atoms with E-state index in [1.807, 2.05) is 52.0 Å². The molecule has 1 aromatic carbocycles. The summed E-state index contributed by atoms with van der Waals surface area (Å²) in [5, 5.41) is 0. The summed E-state index contributed by atoms with van der Waals surface area (Å²) in [6.07, 6.45) is 0.206. The van der Waals surface area contributed by atoms with Crippen LogP contribution in [0.1, 0.15) is 40.2 Å². The van der Waals surface area contributed by atoms with Crippen molar-refractivity contribution in [1.82, 2.24) is 4.90 Å². The third-order valence-electron chi connectivity index (χ3n) is 3.05. The monoisotopic (exact) mass is 285 g/mol. The van der Waals surface area contributed by atoms with Gasteiger partial charge < -0.3 is 14.4 Å². The van der Waals surface area contributed by atoms with E-state index in [9.17, 15) is 4.79 Å². The average Bonchev–Trinajstić information content (AvgIpc) is 2.37. The third kappa shape index (κ3) is 5.22. The zero-order valence-electron chi connectivity index (χ0n) is 14.1. The predicted octanol–water partition coefficient (Wildman–Crippen LogP) is 0.855. The van der Waals surface area contributed by atoms with Gasteiger partial charge in [-0.1, -0.05) is 19.1 Å². The van der Waals surface area contributed by atoms with Crippen LogP contribution < -0.4 is 23.6 Å². The number of carbonyl (C=O) groups is 1. The summed E-state index contributed by atoms with van der Waals surface area (Å²) in [4.78, 5) is 14.0. The van der Waals surface area contributed by atoms with Gasteiger partial charge in [-0.05, 0) is 27.7 Å². The largest absolute Gasteiger partial charge is 1.00 e. The zero-order chi connectivity index (χ0) is 15.3. The van der Waals surface area contributed by atoms with E-state index in [-0.39, 0.29) is 37.0 Å². The maximum Gasteiger partial charge on any atom is 1.00 e. The van der Waals surface area contributed by atoms with Crippen LogP contribution in [0, 0.1) is 6.10 Å². The Morgan fingerprint density at radius 2 is 1.67 bits per heavy atom. The number of methoxy groups -OCH3 is 1. The minimum Gasteiger partial charge on any atom is -0.553 e. The Labute approximate surface area is 140 Å². The molecule has 0 saturated heterocycles. The summed E-state index contributed by atoms with van der Waals surface area (Å²) >= 11 is 0. The molecular weight excluding hydrogens is 261 g/mol. The van der Waals surface area contributed by atoms with E-state index in [0.717, 1.165) is 5.56 Å². The van der Waals surface area contributed by atoms with Crippen molar-refractivity contribution in [2.45, 2.75) is 46.7 Å². The van der Waals surface area contributed by atoms with Gasteiger partial charge in [-0.15, -0.1) is 11.6 Å². The Morgan fingerprint density at radius 3 is 2.14 bits per heavy atom. The van der Waals surface area contributed by atoms with Crippen LogP contribution >= 0.6 is 0 Å². The summed E-state index contributed by atoms with van der Waals surface area (Å²) < 4.78 is 10.8. The molecule has 0 aliphatic rings. The van der Waals surface area contributed by atoms with Crippen LogP contribution in [0.4, 0.5) is 4.79 Å². The molecule has 4 nitrogen and oxygen atoms in total. The maximum absolute atomic E-state index is 12.3. The van der Waals surface area contributed by atoms with Gasteiger partial charge >= 0.3 is 25.0 Å². The van der Waals surface area contributed by atoms with Crippen LogP contribution in [0.25, 0.3) is 0 Å². The van der Waals surface area contributed by atoms with Gasteiger partial charge in [0.1, 0.15) is 0 Å². The molecule has 0 atom stereocenters. The van der Waals surface area contributed by atoms with Crippen molar-refractivity contribution in [1.29, 1.82) is 0 Å². The third-order valence-corrected chi connectivity index (χ3v) is 3.05. The molecule has 0 N–H and O–H groups in total. The first-order chi connectivity index (χ1) is 9.38. The Balaban J connectivity index is 0.00000400. The van der Waals surface area contributed by atoms with Crippen LogP contribution in [0.15, 0.2) is 24.3 Å². The van der Waals surface area contributed by atoms with E-state index >= 15 is 0 Å². The molecule has 0 radical (unpaired) electrons. The Morgan fingerprint density at radius 1 is 1.14 bits per heavy atom. The zero-order valence-corrected chi connectivity index (χ0v) is 14.1. The topological polar surface area (TPSA) is 38.8 Å². The molecule has 5 heteroatoms. The molecular formula is C16H24LiNO3. The maximum atomic E-state index is 12.3. The van der Waals surface area contributed by atoms with Crippen molar-refractivity contribution >= 4 is 6.09 Å². The van der Waals surface area contributed by atoms with Crippen molar-refractivity contribution in [3.8, 4) is 5.75 Å². The summed E-state index contributed by atoms with van der Waals surface area (Å²) in [6.45, 7) is 9.66. The fraction of sp³-hybridized carbons (Fsp3) is 0.500. The number of benzene rings is 1. The number of hydrogen-bond acceptors (Lipinski definition) is 3. The van der Waals surface area contributed by atoms with Crippen molar-refractivity contribution in [2.75, 3.05) is 7.11 Å². The predicted molar refractivity (Wildman–Crippen MR) is 79.6 cm³/mol. The molecule has 0 bridgehead atoms. The number of ether oxygens (including phenoxy) is 2. The van der Waals surface area contributed by atoms with Crippen LogP contribution in [0.3, 0.4) is 0 Å². The van der Waals surface area contributed by atoms with E-state index in [4.69, 9.17) is 9.47 Å². The minimum absolute atomic E-state index is 0. The molecule has 1 amide bonds. The standard InChI is InChI=1S/C16H24NO3.Li/c1-11(2)17(12(3)4)16(18)20-13(5)14-9-7-8-10-15(14)19-6;/h7-12H,1-6H3;/q-1;+1. The normalized spacial score (nSPS) is 10.1. The fourth-order valence-electron chi connectivity index (χ4n) is 2.19. The van der Waals surface area contributed by atoms with Gasteiger partial charge in [0.15, 0.2) is 0 Å². The molecule has 112 valence electrons. The van der Waals surface area contributed by atoms with Gasteiger partial charge in [-0.3, -0.25) is 0 Å². The molecule has 21 heavy (non-hydrogen) atoms. The molecule has 1 rings (SSSR count). The van der Waals surface area contributed by atoms with Crippen molar-refractivity contribution in [3.63, 3.8) is 0 Å². The first-order valence-corrected chi connectivity index (χ1v) is 6.85. The molecule has 0 spiro atoms. The summed E-state index contributed by atoms with van der Waals surface area (Å²) in [7, 11) is 1.60. The Bertz CT molecular complexity index is 441. The van der Waals surface area contributed by atoms with Crippen LogP contribution in [0.5, 0.6) is 5.75 Å². The first kappa shape index (κ1) is 19.8. The van der Waals surface area contributed by atoms with Crippen LogP contribution in [-0.2, 0) is 4.74 Å². The SMILES string of the molecule is COc1ccccc1[C-](C)OC(=O)N(C(C)C)C(C)C.[Li+]. The van der Waals surface area contributed by atoms with Gasteiger partial charge in [0.2, 0.25) is 0 Å². The minimum atomic E-state index is -0.335. The van der Waals surface area contributed by atoms with Gasteiger partial charge in [0, 0.05) is 23.9 Å². The number of carbonyl (C=O) groups excluding carboxylic acids is 1. The number of para-hydroxylation sites is 1. The van der Waals surface area contributed by atoms with E-state index in [1.165, 1.54) is 0 Å². The van der Waals surface area contributed by atoms with E-state index in [1.54, 1.807) is 18.9 Å². The smallest absolute Gasteiger partial charge is 0.553 e. The number of nitrogens with zero attached hydrogens (tertiary/aromatic N) is 1. The summed E-state index contributed by atoms with van der Waals surface area (Å²) in [5.41, 5.74) is 0.788. The van der Waals surface area contributed by atoms with Gasteiger partial charge in [0.05, 0.1) is 7.11 Å². The summed E-state index contributed by atoms with van der Waals surface area (Å²) in [5.74, 6) is 0.693. The number of rotatable bonds is 5. The van der Waals surface area contributed by atoms with Gasteiger partial charge in [-0.25, -0.2) is 4.79 Å². The molecule has 0 saturated carbocycles. The second-order valence-corrected chi connectivity index (χ2v) is 5.22. The molecule has 0 unspecified atom stereocenters.